The van der Waals surface area contributed by atoms with Crippen LogP contribution in [0.5, 0.6) is 0 Å². The van der Waals surface area contributed by atoms with Crippen molar-refractivity contribution in [2.75, 3.05) is 5.32 Å². The van der Waals surface area contributed by atoms with E-state index < -0.39 is 29.4 Å². The van der Waals surface area contributed by atoms with Gasteiger partial charge in [-0.1, -0.05) is 6.08 Å². The number of rotatable bonds is 6. The quantitative estimate of drug-likeness (QED) is 0.351. The zero-order valence-electron chi connectivity index (χ0n) is 20.4. The maximum atomic E-state index is 13.7. The van der Waals surface area contributed by atoms with Crippen LogP contribution in [0.1, 0.15) is 21.6 Å². The third kappa shape index (κ3) is 5.54. The molecule has 12 heteroatoms. The van der Waals surface area contributed by atoms with Crippen LogP contribution in [0.25, 0.3) is 16.9 Å². The summed E-state index contributed by atoms with van der Waals surface area (Å²) in [5.41, 5.74) is -0.293. The molecule has 1 aliphatic rings. The molecular formula is C27H20F4N6O2. The van der Waals surface area contributed by atoms with Gasteiger partial charge in [0, 0.05) is 43.1 Å². The topological polar surface area (TPSA) is 94.2 Å². The van der Waals surface area contributed by atoms with E-state index in [2.05, 4.69) is 20.5 Å². The highest BCUT2D eigenvalue weighted by atomic mass is 19.4. The van der Waals surface area contributed by atoms with Gasteiger partial charge in [-0.3, -0.25) is 14.3 Å². The monoisotopic (exact) mass is 536 g/mol. The standard InChI is InChI=1S/C27H20F4N6O2/c1-36-12-10-23(35-36)21-14-17(4-9-22(21)27(29,30)31)26(39)33-24-15-19(13-16-3-2-11-32-25(16)38)34-37(24)20-7-5-18(28)6-8-20/h2-12,14-16H,13H2,1H3,(H,33,39). The molecule has 0 fully saturated rings. The number of aliphatic imine (C=N–C) groups is 1. The lowest BCUT2D eigenvalue weighted by molar-refractivity contribution is -0.137. The van der Waals surface area contributed by atoms with Gasteiger partial charge in [0.1, 0.15) is 11.6 Å². The minimum atomic E-state index is -4.66. The number of benzene rings is 2. The molecule has 1 unspecified atom stereocenters. The number of amides is 2. The number of allylic oxidation sites excluding steroid dienone is 1. The van der Waals surface area contributed by atoms with Gasteiger partial charge < -0.3 is 5.32 Å². The number of nitrogens with one attached hydrogen (secondary N) is 1. The van der Waals surface area contributed by atoms with Crippen LogP contribution in [0, 0.1) is 11.7 Å². The van der Waals surface area contributed by atoms with Gasteiger partial charge in [-0.25, -0.2) is 14.1 Å². The van der Waals surface area contributed by atoms with E-state index in [0.29, 0.717) is 11.4 Å². The van der Waals surface area contributed by atoms with Crippen LogP contribution in [-0.4, -0.2) is 37.6 Å². The number of carbonyl (C=O) groups excluding carboxylic acids is 2. The van der Waals surface area contributed by atoms with Gasteiger partial charge in [0.05, 0.1) is 28.6 Å². The molecule has 198 valence electrons. The van der Waals surface area contributed by atoms with Crippen molar-refractivity contribution in [1.29, 1.82) is 0 Å². The Morgan fingerprint density at radius 2 is 1.82 bits per heavy atom. The van der Waals surface area contributed by atoms with Crippen LogP contribution >= 0.6 is 0 Å². The second-order valence-electron chi connectivity index (χ2n) is 8.81. The van der Waals surface area contributed by atoms with Gasteiger partial charge in [0.2, 0.25) is 0 Å². The Balaban J connectivity index is 1.50. The highest BCUT2D eigenvalue weighted by Crippen LogP contribution is 2.37. The summed E-state index contributed by atoms with van der Waals surface area (Å²) in [5.74, 6) is -1.89. The highest BCUT2D eigenvalue weighted by Gasteiger charge is 2.34. The van der Waals surface area contributed by atoms with Gasteiger partial charge in [-0.15, -0.1) is 0 Å². The van der Waals surface area contributed by atoms with Gasteiger partial charge in [0.25, 0.3) is 11.8 Å². The number of anilines is 1. The van der Waals surface area contributed by atoms with Gasteiger partial charge in [-0.05, 0) is 54.6 Å². The van der Waals surface area contributed by atoms with Crippen LogP contribution in [0.3, 0.4) is 0 Å². The lowest BCUT2D eigenvalue weighted by Gasteiger charge is -2.14. The molecule has 5 rings (SSSR count). The van der Waals surface area contributed by atoms with E-state index in [4.69, 9.17) is 0 Å². The molecule has 1 aliphatic heterocycles. The van der Waals surface area contributed by atoms with E-state index in [-0.39, 0.29) is 35.0 Å². The van der Waals surface area contributed by atoms with Crippen LogP contribution in [0.2, 0.25) is 0 Å². The second-order valence-corrected chi connectivity index (χ2v) is 8.81. The zero-order valence-corrected chi connectivity index (χ0v) is 20.4. The molecular weight excluding hydrogens is 516 g/mol. The number of hydrogen-bond donors (Lipinski definition) is 1. The van der Waals surface area contributed by atoms with Crippen molar-refractivity contribution >= 4 is 23.8 Å². The van der Waals surface area contributed by atoms with E-state index >= 15 is 0 Å². The van der Waals surface area contributed by atoms with Crippen molar-refractivity contribution in [1.82, 2.24) is 19.6 Å². The fraction of sp³-hybridized carbons (Fsp3) is 0.148. The second kappa shape index (κ2) is 10.1. The molecule has 0 spiro atoms. The Bertz CT molecular complexity index is 1620. The molecule has 2 aromatic carbocycles. The molecule has 0 radical (unpaired) electrons. The molecule has 0 bridgehead atoms. The molecule has 8 nitrogen and oxygen atoms in total. The average Bonchev–Trinajstić information content (AvgIpc) is 3.51. The first-order chi connectivity index (χ1) is 18.6. The average molecular weight is 536 g/mol. The van der Waals surface area contributed by atoms with Crippen molar-refractivity contribution < 1.29 is 27.2 Å². The Morgan fingerprint density at radius 1 is 1.05 bits per heavy atom. The van der Waals surface area contributed by atoms with Crippen molar-refractivity contribution in [3.63, 3.8) is 0 Å². The third-order valence-corrected chi connectivity index (χ3v) is 6.03. The summed E-state index contributed by atoms with van der Waals surface area (Å²) in [4.78, 5) is 29.1. The molecule has 2 aromatic heterocycles. The van der Waals surface area contributed by atoms with E-state index in [0.717, 1.165) is 18.2 Å². The summed E-state index contributed by atoms with van der Waals surface area (Å²) in [6, 6.07) is 11.4. The van der Waals surface area contributed by atoms with Crippen molar-refractivity contribution in [3.05, 3.63) is 95.6 Å². The van der Waals surface area contributed by atoms with E-state index in [9.17, 15) is 27.2 Å². The van der Waals surface area contributed by atoms with Crippen molar-refractivity contribution in [3.8, 4) is 16.9 Å². The Morgan fingerprint density at radius 3 is 2.49 bits per heavy atom. The molecule has 0 saturated heterocycles. The third-order valence-electron chi connectivity index (χ3n) is 6.03. The first-order valence-electron chi connectivity index (χ1n) is 11.7. The van der Waals surface area contributed by atoms with Crippen LogP contribution in [0.15, 0.2) is 77.9 Å². The first-order valence-corrected chi connectivity index (χ1v) is 11.7. The molecule has 2 amide bonds. The summed E-state index contributed by atoms with van der Waals surface area (Å²) in [6.45, 7) is 0. The molecule has 4 aromatic rings. The maximum Gasteiger partial charge on any atom is 0.417 e. The molecule has 1 atom stereocenters. The fourth-order valence-corrected chi connectivity index (χ4v) is 4.15. The number of aryl methyl sites for hydroxylation is 1. The number of dihydropyridines is 1. The number of alkyl halides is 3. The summed E-state index contributed by atoms with van der Waals surface area (Å²) >= 11 is 0. The SMILES string of the molecule is Cn1ccc(-c2cc(C(=O)Nc3cc(CC4C=CC=NC4=O)nn3-c3ccc(F)cc3)ccc2C(F)(F)F)n1. The molecule has 0 saturated carbocycles. The molecule has 39 heavy (non-hydrogen) atoms. The number of carbonyl (C=O) groups is 2. The summed E-state index contributed by atoms with van der Waals surface area (Å²) < 4.78 is 57.4. The summed E-state index contributed by atoms with van der Waals surface area (Å²) in [7, 11) is 1.57. The first kappa shape index (κ1) is 25.8. The van der Waals surface area contributed by atoms with Crippen molar-refractivity contribution in [2.24, 2.45) is 18.0 Å². The lowest BCUT2D eigenvalue weighted by atomic mass is 10.00. The fourth-order valence-electron chi connectivity index (χ4n) is 4.15. The minimum absolute atomic E-state index is 0.0446. The number of nitrogens with zero attached hydrogens (tertiary/aromatic N) is 5. The smallest absolute Gasteiger partial charge is 0.306 e. The molecule has 0 aliphatic carbocycles. The summed E-state index contributed by atoms with van der Waals surface area (Å²) in [6.07, 6.45) is 1.76. The predicted octanol–water partition coefficient (Wildman–Crippen LogP) is 5.01. The lowest BCUT2D eigenvalue weighted by Crippen LogP contribution is -2.16. The predicted molar refractivity (Wildman–Crippen MR) is 135 cm³/mol. The van der Waals surface area contributed by atoms with Crippen LogP contribution < -0.4 is 5.32 Å². The maximum absolute atomic E-state index is 13.7. The minimum Gasteiger partial charge on any atom is -0.306 e. The van der Waals surface area contributed by atoms with Crippen LogP contribution in [0.4, 0.5) is 23.4 Å². The summed E-state index contributed by atoms with van der Waals surface area (Å²) in [5, 5.41) is 11.2. The molecule has 1 N–H and O–H groups in total. The van der Waals surface area contributed by atoms with E-state index in [1.165, 1.54) is 52.1 Å². The van der Waals surface area contributed by atoms with Crippen molar-refractivity contribution in [2.45, 2.75) is 12.6 Å². The Hall–Kier alpha value is -4.87. The van der Waals surface area contributed by atoms with Gasteiger partial charge >= 0.3 is 6.18 Å². The number of aromatic nitrogens is 4. The van der Waals surface area contributed by atoms with Gasteiger partial charge in [-0.2, -0.15) is 23.4 Å². The Labute approximate surface area is 219 Å². The Kier molecular flexibility index (Phi) is 6.69. The highest BCUT2D eigenvalue weighted by molar-refractivity contribution is 6.05. The number of hydrogen-bond acceptors (Lipinski definition) is 4. The molecule has 3 heterocycles. The van der Waals surface area contributed by atoms with E-state index in [1.807, 2.05) is 0 Å². The van der Waals surface area contributed by atoms with Gasteiger partial charge in [0.15, 0.2) is 0 Å². The van der Waals surface area contributed by atoms with E-state index in [1.54, 1.807) is 25.3 Å². The number of halogens is 4. The normalized spacial score (nSPS) is 15.1. The largest absolute Gasteiger partial charge is 0.417 e. The zero-order chi connectivity index (χ0) is 27.7. The van der Waals surface area contributed by atoms with Crippen LogP contribution in [-0.2, 0) is 24.4 Å².